The zero-order valence-corrected chi connectivity index (χ0v) is 10.8. The van der Waals surface area contributed by atoms with E-state index in [4.69, 9.17) is 10.2 Å². The zero-order valence-electron chi connectivity index (χ0n) is 10.8. The number of hydrogen-bond donors (Lipinski definition) is 4. The van der Waals surface area contributed by atoms with E-state index >= 15 is 0 Å². The van der Waals surface area contributed by atoms with E-state index in [1.165, 1.54) is 13.8 Å². The van der Waals surface area contributed by atoms with Crippen molar-refractivity contribution in [1.29, 1.82) is 0 Å². The van der Waals surface area contributed by atoms with E-state index in [1.807, 2.05) is 0 Å². The molecule has 0 saturated carbocycles. The highest BCUT2D eigenvalue weighted by molar-refractivity contribution is 5.87. The minimum absolute atomic E-state index is 0.0828. The predicted octanol–water partition coefficient (Wildman–Crippen LogP) is -0.993. The van der Waals surface area contributed by atoms with Gasteiger partial charge in [-0.1, -0.05) is 13.8 Å². The number of carbonyl (C=O) groups is 2. The van der Waals surface area contributed by atoms with Gasteiger partial charge in [-0.3, -0.25) is 9.59 Å². The van der Waals surface area contributed by atoms with Gasteiger partial charge < -0.3 is 20.8 Å². The summed E-state index contributed by atoms with van der Waals surface area (Å²) < 4.78 is 0. The smallest absolute Gasteiger partial charge is 0.243 e. The monoisotopic (exact) mass is 246 g/mol. The molecule has 0 rings (SSSR count). The maximum Gasteiger partial charge on any atom is 0.243 e. The first kappa shape index (κ1) is 15.9. The van der Waals surface area contributed by atoms with Gasteiger partial charge in [-0.2, -0.15) is 0 Å². The molecule has 0 aromatic rings. The van der Waals surface area contributed by atoms with Gasteiger partial charge in [0.2, 0.25) is 11.8 Å². The van der Waals surface area contributed by atoms with Crippen LogP contribution in [0.3, 0.4) is 0 Å². The van der Waals surface area contributed by atoms with Crippen LogP contribution in [0.2, 0.25) is 0 Å². The molecule has 0 aromatic carbocycles. The highest BCUT2D eigenvalue weighted by Crippen LogP contribution is 2.06. The molecule has 0 aliphatic carbocycles. The van der Waals surface area contributed by atoms with Gasteiger partial charge in [0.05, 0.1) is 18.8 Å². The molecule has 17 heavy (non-hydrogen) atoms. The normalized spacial score (nSPS) is 13.4. The minimum atomic E-state index is -1.08. The Morgan fingerprint density at radius 1 is 1.24 bits per heavy atom. The van der Waals surface area contributed by atoms with Crippen molar-refractivity contribution in [2.24, 2.45) is 5.92 Å². The van der Waals surface area contributed by atoms with E-state index in [-0.39, 0.29) is 25.0 Å². The second-order valence-corrected chi connectivity index (χ2v) is 4.79. The molecule has 1 unspecified atom stereocenters. The van der Waals surface area contributed by atoms with E-state index in [9.17, 15) is 9.59 Å². The van der Waals surface area contributed by atoms with Crippen LogP contribution in [-0.4, -0.2) is 46.8 Å². The molecule has 0 spiro atoms. The summed E-state index contributed by atoms with van der Waals surface area (Å²) in [5, 5.41) is 23.2. The summed E-state index contributed by atoms with van der Waals surface area (Å²) in [6, 6.07) is -0.676. The Balaban J connectivity index is 4.68. The molecule has 1 atom stereocenters. The van der Waals surface area contributed by atoms with Crippen LogP contribution in [0.25, 0.3) is 0 Å². The predicted molar refractivity (Wildman–Crippen MR) is 63.2 cm³/mol. The van der Waals surface area contributed by atoms with Crippen molar-refractivity contribution in [3.63, 3.8) is 0 Å². The highest BCUT2D eigenvalue weighted by atomic mass is 16.3. The summed E-state index contributed by atoms with van der Waals surface area (Å²) in [5.41, 5.74) is -1.08. The lowest BCUT2D eigenvalue weighted by Crippen LogP contribution is -2.58. The Hall–Kier alpha value is -1.14. The Morgan fingerprint density at radius 2 is 1.71 bits per heavy atom. The van der Waals surface area contributed by atoms with Gasteiger partial charge in [0, 0.05) is 6.92 Å². The minimum Gasteiger partial charge on any atom is -0.394 e. The second kappa shape index (κ2) is 6.56. The fraction of sp³-hybridized carbons (Fsp3) is 0.818. The molecule has 0 aliphatic rings. The summed E-state index contributed by atoms with van der Waals surface area (Å²) in [4.78, 5) is 22.9. The van der Waals surface area contributed by atoms with Crippen molar-refractivity contribution in [3.05, 3.63) is 0 Å². The topological polar surface area (TPSA) is 98.7 Å². The van der Waals surface area contributed by atoms with Crippen molar-refractivity contribution >= 4 is 11.8 Å². The molecule has 0 aromatic heterocycles. The van der Waals surface area contributed by atoms with Gasteiger partial charge >= 0.3 is 0 Å². The first-order chi connectivity index (χ1) is 7.75. The van der Waals surface area contributed by atoms with Crippen LogP contribution < -0.4 is 10.6 Å². The van der Waals surface area contributed by atoms with Crippen LogP contribution in [0, 0.1) is 5.92 Å². The van der Waals surface area contributed by atoms with Gasteiger partial charge in [-0.15, -0.1) is 0 Å². The molecule has 4 N–H and O–H groups in total. The van der Waals surface area contributed by atoms with Crippen molar-refractivity contribution in [3.8, 4) is 0 Å². The molecular weight excluding hydrogens is 224 g/mol. The number of amides is 2. The van der Waals surface area contributed by atoms with E-state index in [2.05, 4.69) is 10.6 Å². The van der Waals surface area contributed by atoms with Gasteiger partial charge in [0.1, 0.15) is 6.04 Å². The number of aliphatic hydroxyl groups is 2. The number of nitrogens with one attached hydrogen (secondary N) is 2. The summed E-state index contributed by atoms with van der Waals surface area (Å²) >= 11 is 0. The Kier molecular flexibility index (Phi) is 6.12. The third-order valence-corrected chi connectivity index (χ3v) is 2.43. The molecule has 6 heteroatoms. The SMILES string of the molecule is CC(=O)NC(C(=O)NC(C)(CO)CO)C(C)C. The lowest BCUT2D eigenvalue weighted by Gasteiger charge is -2.30. The average Bonchev–Trinajstić information content (AvgIpc) is 2.24. The molecule has 0 radical (unpaired) electrons. The van der Waals surface area contributed by atoms with E-state index in [0.717, 1.165) is 0 Å². The first-order valence-corrected chi connectivity index (χ1v) is 5.56. The Labute approximate surface area is 101 Å². The van der Waals surface area contributed by atoms with Crippen LogP contribution in [0.5, 0.6) is 0 Å². The fourth-order valence-electron chi connectivity index (χ4n) is 1.26. The Bertz CT molecular complexity index is 275. The molecule has 2 amide bonds. The van der Waals surface area contributed by atoms with Crippen molar-refractivity contribution in [2.75, 3.05) is 13.2 Å². The first-order valence-electron chi connectivity index (χ1n) is 5.56. The van der Waals surface area contributed by atoms with Crippen molar-refractivity contribution in [1.82, 2.24) is 10.6 Å². The van der Waals surface area contributed by atoms with Crippen molar-refractivity contribution in [2.45, 2.75) is 39.3 Å². The molecule has 0 bridgehead atoms. The van der Waals surface area contributed by atoms with Crippen LogP contribution in [-0.2, 0) is 9.59 Å². The third-order valence-electron chi connectivity index (χ3n) is 2.43. The van der Waals surface area contributed by atoms with Crippen LogP contribution in [0.1, 0.15) is 27.7 Å². The van der Waals surface area contributed by atoms with Crippen LogP contribution in [0.15, 0.2) is 0 Å². The maximum absolute atomic E-state index is 11.9. The van der Waals surface area contributed by atoms with E-state index in [1.54, 1.807) is 13.8 Å². The standard InChI is InChI=1S/C11H22N2O4/c1-7(2)9(12-8(3)16)10(17)13-11(4,5-14)6-15/h7,9,14-15H,5-6H2,1-4H3,(H,12,16)(H,13,17). The van der Waals surface area contributed by atoms with E-state index in [0.29, 0.717) is 0 Å². The number of carbonyl (C=O) groups excluding carboxylic acids is 2. The summed E-state index contributed by atoms with van der Waals surface area (Å²) in [6.07, 6.45) is 0. The van der Waals surface area contributed by atoms with E-state index < -0.39 is 17.5 Å². The third kappa shape index (κ3) is 5.14. The van der Waals surface area contributed by atoms with Crippen LogP contribution in [0.4, 0.5) is 0 Å². The highest BCUT2D eigenvalue weighted by Gasteiger charge is 2.30. The molecule has 0 heterocycles. The zero-order chi connectivity index (χ0) is 13.6. The van der Waals surface area contributed by atoms with Gasteiger partial charge in [-0.05, 0) is 12.8 Å². The van der Waals surface area contributed by atoms with Crippen molar-refractivity contribution < 1.29 is 19.8 Å². The maximum atomic E-state index is 11.9. The molecule has 0 fully saturated rings. The quantitative estimate of drug-likeness (QED) is 0.483. The van der Waals surface area contributed by atoms with Gasteiger partial charge in [0.15, 0.2) is 0 Å². The largest absolute Gasteiger partial charge is 0.394 e. The number of aliphatic hydroxyl groups excluding tert-OH is 2. The van der Waals surface area contributed by atoms with Crippen LogP contribution >= 0.6 is 0 Å². The number of hydrogen-bond acceptors (Lipinski definition) is 4. The Morgan fingerprint density at radius 3 is 2.00 bits per heavy atom. The lowest BCUT2D eigenvalue weighted by atomic mass is 10.00. The number of rotatable bonds is 6. The average molecular weight is 246 g/mol. The van der Waals surface area contributed by atoms with Gasteiger partial charge in [0.25, 0.3) is 0 Å². The molecule has 0 saturated heterocycles. The summed E-state index contributed by atoms with van der Waals surface area (Å²) in [5.74, 6) is -0.796. The molecule has 6 nitrogen and oxygen atoms in total. The lowest BCUT2D eigenvalue weighted by molar-refractivity contribution is -0.131. The molecule has 0 aliphatic heterocycles. The fourth-order valence-corrected chi connectivity index (χ4v) is 1.26. The molecular formula is C11H22N2O4. The summed E-state index contributed by atoms with van der Waals surface area (Å²) in [6.45, 7) is 5.71. The molecule has 100 valence electrons. The summed E-state index contributed by atoms with van der Waals surface area (Å²) in [7, 11) is 0. The second-order valence-electron chi connectivity index (χ2n) is 4.79. The van der Waals surface area contributed by atoms with Gasteiger partial charge in [-0.25, -0.2) is 0 Å².